The first-order valence-corrected chi connectivity index (χ1v) is 9.36. The van der Waals surface area contributed by atoms with Crippen molar-refractivity contribution in [3.05, 3.63) is 53.8 Å². The molecule has 29 heavy (non-hydrogen) atoms. The molecule has 1 atom stereocenters. The summed E-state index contributed by atoms with van der Waals surface area (Å²) in [6, 6.07) is 10.1. The van der Waals surface area contributed by atoms with Crippen LogP contribution < -0.4 is 25.1 Å². The topological polar surface area (TPSA) is 85.9 Å². The Bertz CT molecular complexity index is 826. The lowest BCUT2D eigenvalue weighted by molar-refractivity contribution is -0.128. The number of ether oxygens (including phenoxy) is 3. The van der Waals surface area contributed by atoms with E-state index in [2.05, 4.69) is 10.9 Å². The fourth-order valence-corrected chi connectivity index (χ4v) is 2.31. The Morgan fingerprint density at radius 3 is 2.38 bits per heavy atom. The van der Waals surface area contributed by atoms with Crippen molar-refractivity contribution < 1.29 is 28.2 Å². The predicted molar refractivity (Wildman–Crippen MR) is 105 cm³/mol. The van der Waals surface area contributed by atoms with Crippen LogP contribution in [0, 0.1) is 5.82 Å². The third-order valence-corrected chi connectivity index (χ3v) is 3.76. The molecular formula is C21H25FN2O5. The molecule has 2 rings (SSSR count). The molecule has 0 saturated heterocycles. The van der Waals surface area contributed by atoms with Crippen LogP contribution in [0.2, 0.25) is 0 Å². The van der Waals surface area contributed by atoms with Gasteiger partial charge in [0.05, 0.1) is 13.2 Å². The van der Waals surface area contributed by atoms with Crippen molar-refractivity contribution in [1.82, 2.24) is 10.9 Å². The van der Waals surface area contributed by atoms with Gasteiger partial charge in [-0.25, -0.2) is 4.39 Å². The van der Waals surface area contributed by atoms with Gasteiger partial charge in [0.1, 0.15) is 11.6 Å². The summed E-state index contributed by atoms with van der Waals surface area (Å²) in [7, 11) is 0. The molecule has 0 bridgehead atoms. The second-order valence-corrected chi connectivity index (χ2v) is 6.10. The zero-order valence-electron chi connectivity index (χ0n) is 16.7. The molecule has 0 spiro atoms. The molecule has 2 amide bonds. The molecule has 0 unspecified atom stereocenters. The van der Waals surface area contributed by atoms with Gasteiger partial charge in [0.2, 0.25) is 0 Å². The number of benzene rings is 2. The van der Waals surface area contributed by atoms with E-state index in [1.807, 2.05) is 13.8 Å². The summed E-state index contributed by atoms with van der Waals surface area (Å²) in [5.74, 6) is -0.141. The maximum atomic E-state index is 12.9. The van der Waals surface area contributed by atoms with Crippen LogP contribution in [0.15, 0.2) is 42.5 Å². The standard InChI is InChI=1S/C21H25FN2O5/c1-4-12-28-18-11-6-15(13-19(18)27-5-2)21(26)24-23-20(25)14(3)29-17-9-7-16(22)8-10-17/h6-11,13-14H,4-5,12H2,1-3H3,(H,23,25)(H,24,26)/t14-/m1/s1. The van der Waals surface area contributed by atoms with Crippen molar-refractivity contribution >= 4 is 11.8 Å². The van der Waals surface area contributed by atoms with E-state index in [1.165, 1.54) is 31.2 Å². The van der Waals surface area contributed by atoms with Gasteiger partial charge in [-0.3, -0.25) is 20.4 Å². The Morgan fingerprint density at radius 2 is 1.72 bits per heavy atom. The minimum absolute atomic E-state index is 0.296. The van der Waals surface area contributed by atoms with Gasteiger partial charge in [-0.2, -0.15) is 0 Å². The first kappa shape index (κ1) is 22.0. The number of carbonyl (C=O) groups is 2. The molecule has 0 aliphatic carbocycles. The van der Waals surface area contributed by atoms with Gasteiger partial charge in [-0.15, -0.1) is 0 Å². The lowest BCUT2D eigenvalue weighted by Crippen LogP contribution is -2.47. The number of nitrogens with one attached hydrogen (secondary N) is 2. The molecule has 7 nitrogen and oxygen atoms in total. The fourth-order valence-electron chi connectivity index (χ4n) is 2.31. The number of hydrogen-bond acceptors (Lipinski definition) is 5. The Balaban J connectivity index is 1.94. The average molecular weight is 404 g/mol. The molecule has 0 aliphatic heterocycles. The van der Waals surface area contributed by atoms with E-state index in [4.69, 9.17) is 14.2 Å². The largest absolute Gasteiger partial charge is 0.490 e. The Hall–Kier alpha value is -3.29. The van der Waals surface area contributed by atoms with E-state index in [0.717, 1.165) is 6.42 Å². The van der Waals surface area contributed by atoms with Crippen molar-refractivity contribution in [3.8, 4) is 17.2 Å². The maximum Gasteiger partial charge on any atom is 0.279 e. The Labute approximate surface area is 169 Å². The highest BCUT2D eigenvalue weighted by Crippen LogP contribution is 2.28. The summed E-state index contributed by atoms with van der Waals surface area (Å²) >= 11 is 0. The number of amides is 2. The van der Waals surface area contributed by atoms with E-state index in [9.17, 15) is 14.0 Å². The monoisotopic (exact) mass is 404 g/mol. The summed E-state index contributed by atoms with van der Waals surface area (Å²) in [6.45, 7) is 6.29. The van der Waals surface area contributed by atoms with Gasteiger partial charge >= 0.3 is 0 Å². The predicted octanol–water partition coefficient (Wildman–Crippen LogP) is 3.24. The number of halogens is 1. The zero-order valence-corrected chi connectivity index (χ0v) is 16.7. The van der Waals surface area contributed by atoms with Crippen LogP contribution >= 0.6 is 0 Å². The van der Waals surface area contributed by atoms with E-state index in [0.29, 0.717) is 36.0 Å². The average Bonchev–Trinajstić information content (AvgIpc) is 2.72. The van der Waals surface area contributed by atoms with E-state index < -0.39 is 23.7 Å². The minimum atomic E-state index is -0.899. The van der Waals surface area contributed by atoms with Crippen LogP contribution in [0.5, 0.6) is 17.2 Å². The second-order valence-electron chi connectivity index (χ2n) is 6.10. The Kier molecular flexibility index (Phi) is 8.27. The zero-order chi connectivity index (χ0) is 21.2. The van der Waals surface area contributed by atoms with Crippen LogP contribution in [0.1, 0.15) is 37.6 Å². The van der Waals surface area contributed by atoms with Gasteiger partial charge in [0.15, 0.2) is 17.6 Å². The van der Waals surface area contributed by atoms with Crippen LogP contribution in [0.25, 0.3) is 0 Å². The molecule has 0 radical (unpaired) electrons. The van der Waals surface area contributed by atoms with Gasteiger partial charge in [0, 0.05) is 5.56 Å². The van der Waals surface area contributed by atoms with Gasteiger partial charge < -0.3 is 14.2 Å². The molecule has 2 aromatic carbocycles. The van der Waals surface area contributed by atoms with Crippen LogP contribution in [-0.4, -0.2) is 31.1 Å². The summed E-state index contributed by atoms with van der Waals surface area (Å²) in [5.41, 5.74) is 4.93. The van der Waals surface area contributed by atoms with Crippen molar-refractivity contribution in [2.24, 2.45) is 0 Å². The molecule has 0 aliphatic rings. The summed E-state index contributed by atoms with van der Waals surface area (Å²) in [6.07, 6.45) is -0.0533. The number of hydrazine groups is 1. The number of carbonyl (C=O) groups excluding carboxylic acids is 2. The van der Waals surface area contributed by atoms with Crippen LogP contribution in [0.4, 0.5) is 4.39 Å². The summed E-state index contributed by atoms with van der Waals surface area (Å²) < 4.78 is 29.4. The third kappa shape index (κ3) is 6.67. The van der Waals surface area contributed by atoms with Crippen LogP contribution in [-0.2, 0) is 4.79 Å². The summed E-state index contributed by atoms with van der Waals surface area (Å²) in [4.78, 5) is 24.5. The molecule has 0 saturated carbocycles. The first-order chi connectivity index (χ1) is 13.9. The van der Waals surface area contributed by atoms with E-state index >= 15 is 0 Å². The lowest BCUT2D eigenvalue weighted by atomic mass is 10.2. The number of rotatable bonds is 9. The highest BCUT2D eigenvalue weighted by Gasteiger charge is 2.17. The van der Waals surface area contributed by atoms with Crippen LogP contribution in [0.3, 0.4) is 0 Å². The molecule has 0 fully saturated rings. The molecule has 0 aromatic heterocycles. The third-order valence-electron chi connectivity index (χ3n) is 3.76. The second kappa shape index (κ2) is 10.9. The lowest BCUT2D eigenvalue weighted by Gasteiger charge is -2.16. The fraction of sp³-hybridized carbons (Fsp3) is 0.333. The molecule has 156 valence electrons. The number of hydrogen-bond donors (Lipinski definition) is 2. The van der Waals surface area contributed by atoms with Crippen molar-refractivity contribution in [2.45, 2.75) is 33.3 Å². The SMILES string of the molecule is CCCOc1ccc(C(=O)NNC(=O)[C@@H](C)Oc2ccc(F)cc2)cc1OCC. The molecule has 8 heteroatoms. The quantitative estimate of drug-likeness (QED) is 0.627. The van der Waals surface area contributed by atoms with Gasteiger partial charge in [-0.05, 0) is 62.7 Å². The molecule has 2 N–H and O–H groups in total. The highest BCUT2D eigenvalue weighted by atomic mass is 19.1. The maximum absolute atomic E-state index is 12.9. The summed E-state index contributed by atoms with van der Waals surface area (Å²) in [5, 5.41) is 0. The van der Waals surface area contributed by atoms with Gasteiger partial charge in [-0.1, -0.05) is 6.92 Å². The smallest absolute Gasteiger partial charge is 0.279 e. The normalized spacial score (nSPS) is 11.3. The molecule has 0 heterocycles. The Morgan fingerprint density at radius 1 is 1.00 bits per heavy atom. The van der Waals surface area contributed by atoms with Crippen molar-refractivity contribution in [3.63, 3.8) is 0 Å². The minimum Gasteiger partial charge on any atom is -0.490 e. The van der Waals surface area contributed by atoms with Gasteiger partial charge in [0.25, 0.3) is 11.8 Å². The first-order valence-electron chi connectivity index (χ1n) is 9.36. The van der Waals surface area contributed by atoms with Crippen molar-refractivity contribution in [1.29, 1.82) is 0 Å². The molecular weight excluding hydrogens is 379 g/mol. The molecule has 2 aromatic rings. The highest BCUT2D eigenvalue weighted by molar-refractivity contribution is 5.96. The van der Waals surface area contributed by atoms with E-state index in [1.54, 1.807) is 18.2 Å². The van der Waals surface area contributed by atoms with E-state index in [-0.39, 0.29) is 0 Å². The van der Waals surface area contributed by atoms with Crippen molar-refractivity contribution in [2.75, 3.05) is 13.2 Å².